The Morgan fingerprint density at radius 2 is 2.03 bits per heavy atom. The van der Waals surface area contributed by atoms with Gasteiger partial charge < -0.3 is 9.80 Å². The molecule has 4 rings (SSSR count). The van der Waals surface area contributed by atoms with Crippen LogP contribution in [-0.4, -0.2) is 41.1 Å². The molecule has 0 bridgehead atoms. The molecular formula is C25H28ClN5OS. The van der Waals surface area contributed by atoms with E-state index in [1.165, 1.54) is 4.90 Å². The van der Waals surface area contributed by atoms with Crippen molar-refractivity contribution in [3.63, 3.8) is 0 Å². The number of hydrogen-bond donors (Lipinski definition) is 0. The standard InChI is InChI=1S/C25H28ClN5OS/c1-3-4-12-25(28-29-25)13-17-30(19(2)32)15-6-5-7-16-31-21-18-20(26)10-11-22(21)33-23-9-8-14-27-24(23)31/h1,8-11,14,18H,4-7,12-13,15-17H2,2H3. The zero-order valence-corrected chi connectivity index (χ0v) is 20.4. The summed E-state index contributed by atoms with van der Waals surface area (Å²) in [6, 6.07) is 10.1. The van der Waals surface area contributed by atoms with Gasteiger partial charge in [0.15, 0.2) is 5.66 Å². The summed E-state index contributed by atoms with van der Waals surface area (Å²) in [5, 5.41) is 9.08. The van der Waals surface area contributed by atoms with Crippen LogP contribution in [0.25, 0.3) is 0 Å². The van der Waals surface area contributed by atoms with E-state index in [9.17, 15) is 4.79 Å². The minimum atomic E-state index is -0.346. The van der Waals surface area contributed by atoms with Gasteiger partial charge in [0.1, 0.15) is 5.82 Å². The van der Waals surface area contributed by atoms with Crippen LogP contribution in [0.5, 0.6) is 0 Å². The van der Waals surface area contributed by atoms with E-state index in [0.717, 1.165) is 66.6 Å². The molecule has 0 aliphatic carbocycles. The molecule has 0 unspecified atom stereocenters. The maximum absolute atomic E-state index is 12.1. The molecule has 0 atom stereocenters. The van der Waals surface area contributed by atoms with Crippen LogP contribution in [-0.2, 0) is 4.79 Å². The first-order chi connectivity index (χ1) is 16.0. The van der Waals surface area contributed by atoms with Crippen molar-refractivity contribution in [2.45, 2.75) is 60.9 Å². The molecule has 0 radical (unpaired) electrons. The molecule has 2 aliphatic rings. The molecule has 1 aromatic carbocycles. The van der Waals surface area contributed by atoms with Crippen LogP contribution in [0.1, 0.15) is 45.4 Å². The minimum absolute atomic E-state index is 0.0949. The summed E-state index contributed by atoms with van der Waals surface area (Å²) in [4.78, 5) is 23.3. The molecule has 0 spiro atoms. The second kappa shape index (κ2) is 10.6. The average molecular weight is 482 g/mol. The van der Waals surface area contributed by atoms with Crippen molar-refractivity contribution in [2.75, 3.05) is 24.5 Å². The largest absolute Gasteiger partial charge is 0.343 e. The number of nitrogens with zero attached hydrogens (tertiary/aromatic N) is 5. The Bertz CT molecular complexity index is 1080. The fraction of sp³-hybridized carbons (Fsp3) is 0.440. The number of amides is 1. The lowest BCUT2D eigenvalue weighted by atomic mass is 10.0. The second-order valence-electron chi connectivity index (χ2n) is 8.39. The third kappa shape index (κ3) is 5.87. The number of terminal acetylenes is 1. The van der Waals surface area contributed by atoms with Gasteiger partial charge in [0.2, 0.25) is 5.91 Å². The minimum Gasteiger partial charge on any atom is -0.343 e. The predicted octanol–water partition coefficient (Wildman–Crippen LogP) is 6.32. The van der Waals surface area contributed by atoms with E-state index >= 15 is 0 Å². The van der Waals surface area contributed by atoms with Crippen LogP contribution in [0.2, 0.25) is 5.02 Å². The number of unbranched alkanes of at least 4 members (excludes halogenated alkanes) is 2. The van der Waals surface area contributed by atoms with Gasteiger partial charge >= 0.3 is 0 Å². The third-order valence-electron chi connectivity index (χ3n) is 6.03. The summed E-state index contributed by atoms with van der Waals surface area (Å²) in [6.45, 7) is 3.89. The van der Waals surface area contributed by atoms with E-state index in [0.29, 0.717) is 13.0 Å². The zero-order valence-electron chi connectivity index (χ0n) is 18.8. The molecule has 0 N–H and O–H groups in total. The molecule has 3 heterocycles. The van der Waals surface area contributed by atoms with Crippen molar-refractivity contribution in [3.8, 4) is 12.3 Å². The molecule has 33 heavy (non-hydrogen) atoms. The third-order valence-corrected chi connectivity index (χ3v) is 7.37. The number of carbonyl (C=O) groups is 1. The molecule has 6 nitrogen and oxygen atoms in total. The Hall–Kier alpha value is -2.56. The lowest BCUT2D eigenvalue weighted by Crippen LogP contribution is -2.33. The van der Waals surface area contributed by atoms with Crippen LogP contribution < -0.4 is 4.90 Å². The molecule has 2 aliphatic heterocycles. The average Bonchev–Trinajstić information content (AvgIpc) is 3.58. The number of anilines is 2. The van der Waals surface area contributed by atoms with Gasteiger partial charge in [-0.15, -0.1) is 12.3 Å². The summed E-state index contributed by atoms with van der Waals surface area (Å²) < 4.78 is 0. The number of halogens is 1. The Balaban J connectivity index is 1.29. The Morgan fingerprint density at radius 1 is 1.18 bits per heavy atom. The Kier molecular flexibility index (Phi) is 7.56. The fourth-order valence-electron chi connectivity index (χ4n) is 4.07. The highest BCUT2D eigenvalue weighted by Gasteiger charge is 2.39. The molecule has 8 heteroatoms. The van der Waals surface area contributed by atoms with Gasteiger partial charge in [0.25, 0.3) is 0 Å². The van der Waals surface area contributed by atoms with Crippen molar-refractivity contribution in [3.05, 3.63) is 41.6 Å². The highest BCUT2D eigenvalue weighted by Crippen LogP contribution is 2.47. The van der Waals surface area contributed by atoms with Crippen LogP contribution in [0.4, 0.5) is 11.5 Å². The molecule has 0 fully saturated rings. The molecule has 1 aromatic heterocycles. The van der Waals surface area contributed by atoms with E-state index in [-0.39, 0.29) is 11.6 Å². The van der Waals surface area contributed by atoms with Gasteiger partial charge in [0, 0.05) is 61.9 Å². The Morgan fingerprint density at radius 3 is 2.79 bits per heavy atom. The second-order valence-corrected chi connectivity index (χ2v) is 9.91. The van der Waals surface area contributed by atoms with Crippen molar-refractivity contribution in [1.82, 2.24) is 9.88 Å². The smallest absolute Gasteiger partial charge is 0.219 e. The van der Waals surface area contributed by atoms with Crippen molar-refractivity contribution < 1.29 is 4.79 Å². The van der Waals surface area contributed by atoms with E-state index in [1.807, 2.05) is 29.3 Å². The van der Waals surface area contributed by atoms with Gasteiger partial charge in [-0.3, -0.25) is 4.79 Å². The first-order valence-electron chi connectivity index (χ1n) is 11.3. The molecule has 0 saturated carbocycles. The van der Waals surface area contributed by atoms with Gasteiger partial charge in [-0.2, -0.15) is 10.2 Å². The lowest BCUT2D eigenvalue weighted by molar-refractivity contribution is -0.129. The van der Waals surface area contributed by atoms with E-state index in [2.05, 4.69) is 38.2 Å². The molecule has 0 saturated heterocycles. The predicted molar refractivity (Wildman–Crippen MR) is 133 cm³/mol. The van der Waals surface area contributed by atoms with E-state index in [4.69, 9.17) is 18.0 Å². The number of hydrogen-bond acceptors (Lipinski definition) is 6. The van der Waals surface area contributed by atoms with E-state index < -0.39 is 0 Å². The quantitative estimate of drug-likeness (QED) is 0.278. The Labute approximate surface area is 204 Å². The highest BCUT2D eigenvalue weighted by atomic mass is 35.5. The normalized spacial score (nSPS) is 14.9. The van der Waals surface area contributed by atoms with Crippen molar-refractivity contribution in [1.29, 1.82) is 0 Å². The monoisotopic (exact) mass is 481 g/mol. The lowest BCUT2D eigenvalue weighted by Gasteiger charge is -2.31. The summed E-state index contributed by atoms with van der Waals surface area (Å²) >= 11 is 8.02. The summed E-state index contributed by atoms with van der Waals surface area (Å²) in [5.74, 6) is 3.73. The first-order valence-corrected chi connectivity index (χ1v) is 12.5. The maximum atomic E-state index is 12.1. The van der Waals surface area contributed by atoms with Crippen molar-refractivity contribution in [2.24, 2.45) is 10.2 Å². The number of fused-ring (bicyclic) bond motifs is 2. The molecule has 172 valence electrons. The number of aromatic nitrogens is 1. The van der Waals surface area contributed by atoms with Gasteiger partial charge in [-0.1, -0.05) is 23.4 Å². The number of pyridine rings is 1. The first kappa shape index (κ1) is 23.6. The van der Waals surface area contributed by atoms with E-state index in [1.54, 1.807) is 18.7 Å². The van der Waals surface area contributed by atoms with Crippen LogP contribution in [0, 0.1) is 12.3 Å². The SMILES string of the molecule is C#CCCC1(CCN(CCCCCN2c3cc(Cl)ccc3Sc3cccnc32)C(C)=O)N=N1. The summed E-state index contributed by atoms with van der Waals surface area (Å²) in [6.07, 6.45) is 12.3. The number of rotatable bonds is 11. The van der Waals surface area contributed by atoms with Crippen LogP contribution in [0.3, 0.4) is 0 Å². The molecule has 1 amide bonds. The molecule has 2 aromatic rings. The fourth-order valence-corrected chi connectivity index (χ4v) is 5.28. The summed E-state index contributed by atoms with van der Waals surface area (Å²) in [5.41, 5.74) is 0.764. The molecular weight excluding hydrogens is 454 g/mol. The van der Waals surface area contributed by atoms with Gasteiger partial charge in [-0.25, -0.2) is 4.98 Å². The zero-order chi connectivity index (χ0) is 23.3. The topological polar surface area (TPSA) is 61.2 Å². The van der Waals surface area contributed by atoms with Gasteiger partial charge in [0.05, 0.1) is 10.6 Å². The van der Waals surface area contributed by atoms with Crippen LogP contribution >= 0.6 is 23.4 Å². The number of carbonyl (C=O) groups excluding carboxylic acids is 1. The highest BCUT2D eigenvalue weighted by molar-refractivity contribution is 7.99. The van der Waals surface area contributed by atoms with Crippen LogP contribution in [0.15, 0.2) is 56.5 Å². The maximum Gasteiger partial charge on any atom is 0.219 e. The number of benzene rings is 1. The van der Waals surface area contributed by atoms with Gasteiger partial charge in [-0.05, 0) is 49.6 Å². The summed E-state index contributed by atoms with van der Waals surface area (Å²) in [7, 11) is 0. The van der Waals surface area contributed by atoms with Crippen molar-refractivity contribution >= 4 is 40.8 Å².